The number of hydrogen-bond acceptors (Lipinski definition) is 3. The van der Waals surface area contributed by atoms with Crippen molar-refractivity contribution in [3.63, 3.8) is 0 Å². The van der Waals surface area contributed by atoms with E-state index >= 15 is 0 Å². The number of hydrogen-bond donors (Lipinski definition) is 1. The molecule has 1 atom stereocenters. The van der Waals surface area contributed by atoms with Crippen LogP contribution in [0.15, 0.2) is 10.5 Å². The van der Waals surface area contributed by atoms with Gasteiger partial charge >= 0.3 is 0 Å². The van der Waals surface area contributed by atoms with Crippen molar-refractivity contribution in [2.75, 3.05) is 13.1 Å². The molecular weight excluding hydrogens is 228 g/mol. The van der Waals surface area contributed by atoms with Crippen molar-refractivity contribution < 1.29 is 9.21 Å². The summed E-state index contributed by atoms with van der Waals surface area (Å²) < 4.78 is 5.45. The van der Waals surface area contributed by atoms with Gasteiger partial charge in [0.2, 0.25) is 0 Å². The molecule has 0 aliphatic carbocycles. The van der Waals surface area contributed by atoms with Crippen molar-refractivity contribution in [1.29, 1.82) is 0 Å². The fourth-order valence-corrected chi connectivity index (χ4v) is 2.76. The predicted octanol–water partition coefficient (Wildman–Crippen LogP) is 2.24. The molecule has 0 spiro atoms. The lowest BCUT2D eigenvalue weighted by atomic mass is 9.98. The van der Waals surface area contributed by atoms with Gasteiger partial charge in [-0.3, -0.25) is 4.79 Å². The fourth-order valence-electron chi connectivity index (χ4n) is 2.76. The molecule has 0 bridgehead atoms. The lowest BCUT2D eigenvalue weighted by molar-refractivity contribution is 0.0603. The Balaban J connectivity index is 2.18. The molecule has 4 nitrogen and oxygen atoms in total. The lowest BCUT2D eigenvalue weighted by Gasteiger charge is -2.35. The minimum atomic E-state index is 0.0995. The average molecular weight is 250 g/mol. The van der Waals surface area contributed by atoms with Gasteiger partial charge in [0.15, 0.2) is 0 Å². The Morgan fingerprint density at radius 3 is 2.89 bits per heavy atom. The Labute approximate surface area is 108 Å². The van der Waals surface area contributed by atoms with Gasteiger partial charge in [0.1, 0.15) is 11.5 Å². The third kappa shape index (κ3) is 2.58. The molecular formula is C14H22N2O2. The van der Waals surface area contributed by atoms with E-state index in [4.69, 9.17) is 10.2 Å². The van der Waals surface area contributed by atoms with Gasteiger partial charge in [-0.05, 0) is 52.1 Å². The first kappa shape index (κ1) is 13.1. The Hall–Kier alpha value is -1.29. The summed E-state index contributed by atoms with van der Waals surface area (Å²) in [5, 5.41) is 0. The molecule has 100 valence electrons. The summed E-state index contributed by atoms with van der Waals surface area (Å²) in [7, 11) is 0. The molecule has 2 rings (SSSR count). The summed E-state index contributed by atoms with van der Waals surface area (Å²) in [5.41, 5.74) is 6.34. The smallest absolute Gasteiger partial charge is 0.257 e. The number of aryl methyl sites for hydroxylation is 2. The third-order valence-electron chi connectivity index (χ3n) is 3.66. The second-order valence-electron chi connectivity index (χ2n) is 5.05. The molecule has 1 amide bonds. The summed E-state index contributed by atoms with van der Waals surface area (Å²) >= 11 is 0. The van der Waals surface area contributed by atoms with Gasteiger partial charge in [-0.15, -0.1) is 0 Å². The molecule has 1 fully saturated rings. The maximum absolute atomic E-state index is 12.5. The number of carbonyl (C=O) groups is 1. The summed E-state index contributed by atoms with van der Waals surface area (Å²) in [6, 6.07) is 2.14. The minimum Gasteiger partial charge on any atom is -0.466 e. The van der Waals surface area contributed by atoms with Crippen LogP contribution in [0.4, 0.5) is 0 Å². The fraction of sp³-hybridized carbons (Fsp3) is 0.643. The molecule has 2 N–H and O–H groups in total. The van der Waals surface area contributed by atoms with Crippen molar-refractivity contribution in [2.45, 2.75) is 45.6 Å². The molecule has 1 aromatic rings. The van der Waals surface area contributed by atoms with Crippen LogP contribution >= 0.6 is 0 Å². The van der Waals surface area contributed by atoms with Crippen LogP contribution in [0, 0.1) is 13.8 Å². The molecule has 1 unspecified atom stereocenters. The number of piperidine rings is 1. The molecule has 2 heterocycles. The molecule has 1 aliphatic rings. The van der Waals surface area contributed by atoms with E-state index in [9.17, 15) is 4.79 Å². The standard InChI is InChI=1S/C14H22N2O2/c1-10-9-13(11(2)18-10)14(17)16-8-4-3-5-12(16)6-7-15/h9,12H,3-8,15H2,1-2H3. The van der Waals surface area contributed by atoms with Gasteiger partial charge in [-0.25, -0.2) is 0 Å². The van der Waals surface area contributed by atoms with E-state index in [1.54, 1.807) is 0 Å². The average Bonchev–Trinajstić information content (AvgIpc) is 2.69. The van der Waals surface area contributed by atoms with Gasteiger partial charge in [0.05, 0.1) is 5.56 Å². The van der Waals surface area contributed by atoms with E-state index in [1.807, 2.05) is 24.8 Å². The highest BCUT2D eigenvalue weighted by Crippen LogP contribution is 2.24. The van der Waals surface area contributed by atoms with Crippen LogP contribution in [-0.2, 0) is 0 Å². The molecule has 0 aromatic carbocycles. The van der Waals surface area contributed by atoms with Gasteiger partial charge in [0.25, 0.3) is 5.91 Å². The topological polar surface area (TPSA) is 59.5 Å². The molecule has 1 aromatic heterocycles. The largest absolute Gasteiger partial charge is 0.466 e. The monoisotopic (exact) mass is 250 g/mol. The zero-order valence-corrected chi connectivity index (χ0v) is 11.2. The van der Waals surface area contributed by atoms with Crippen LogP contribution in [0.3, 0.4) is 0 Å². The van der Waals surface area contributed by atoms with Crippen LogP contribution in [-0.4, -0.2) is 29.9 Å². The molecule has 1 aliphatic heterocycles. The van der Waals surface area contributed by atoms with E-state index in [1.165, 1.54) is 6.42 Å². The first-order chi connectivity index (χ1) is 8.63. The van der Waals surface area contributed by atoms with Crippen molar-refractivity contribution in [3.05, 3.63) is 23.2 Å². The van der Waals surface area contributed by atoms with E-state index in [0.717, 1.165) is 37.3 Å². The minimum absolute atomic E-state index is 0.0995. The van der Waals surface area contributed by atoms with E-state index < -0.39 is 0 Å². The highest BCUT2D eigenvalue weighted by molar-refractivity contribution is 5.95. The van der Waals surface area contributed by atoms with Gasteiger partial charge in [0, 0.05) is 12.6 Å². The lowest BCUT2D eigenvalue weighted by Crippen LogP contribution is -2.44. The van der Waals surface area contributed by atoms with Crippen molar-refractivity contribution in [3.8, 4) is 0 Å². The number of carbonyl (C=O) groups excluding carboxylic acids is 1. The third-order valence-corrected chi connectivity index (χ3v) is 3.66. The Morgan fingerprint density at radius 2 is 2.28 bits per heavy atom. The number of rotatable bonds is 3. The second kappa shape index (κ2) is 5.57. The predicted molar refractivity (Wildman–Crippen MR) is 70.5 cm³/mol. The number of nitrogens with zero attached hydrogens (tertiary/aromatic N) is 1. The summed E-state index contributed by atoms with van der Waals surface area (Å²) in [5.74, 6) is 1.61. The summed E-state index contributed by atoms with van der Waals surface area (Å²) in [4.78, 5) is 14.5. The van der Waals surface area contributed by atoms with Crippen LogP contribution in [0.25, 0.3) is 0 Å². The normalized spacial score (nSPS) is 20.2. The highest BCUT2D eigenvalue weighted by Gasteiger charge is 2.28. The van der Waals surface area contributed by atoms with Gasteiger partial charge in [-0.2, -0.15) is 0 Å². The van der Waals surface area contributed by atoms with Crippen molar-refractivity contribution in [1.82, 2.24) is 4.90 Å². The SMILES string of the molecule is Cc1cc(C(=O)N2CCCCC2CCN)c(C)o1. The van der Waals surface area contributed by atoms with Gasteiger partial charge in [-0.1, -0.05) is 0 Å². The zero-order chi connectivity index (χ0) is 13.1. The van der Waals surface area contributed by atoms with Crippen LogP contribution < -0.4 is 5.73 Å². The van der Waals surface area contributed by atoms with Gasteiger partial charge < -0.3 is 15.1 Å². The molecule has 4 heteroatoms. The number of nitrogens with two attached hydrogens (primary N) is 1. The Morgan fingerprint density at radius 1 is 1.50 bits per heavy atom. The molecule has 18 heavy (non-hydrogen) atoms. The molecule has 0 saturated carbocycles. The number of likely N-dealkylation sites (tertiary alicyclic amines) is 1. The second-order valence-corrected chi connectivity index (χ2v) is 5.05. The van der Waals surface area contributed by atoms with Crippen molar-refractivity contribution >= 4 is 5.91 Å². The maximum atomic E-state index is 12.5. The first-order valence-corrected chi connectivity index (χ1v) is 6.71. The number of furan rings is 1. The summed E-state index contributed by atoms with van der Waals surface area (Å²) in [6.07, 6.45) is 4.24. The first-order valence-electron chi connectivity index (χ1n) is 6.71. The summed E-state index contributed by atoms with van der Waals surface area (Å²) in [6.45, 7) is 5.20. The van der Waals surface area contributed by atoms with Crippen LogP contribution in [0.2, 0.25) is 0 Å². The maximum Gasteiger partial charge on any atom is 0.257 e. The van der Waals surface area contributed by atoms with E-state index in [0.29, 0.717) is 18.2 Å². The molecule has 0 radical (unpaired) electrons. The van der Waals surface area contributed by atoms with E-state index in [2.05, 4.69) is 0 Å². The van der Waals surface area contributed by atoms with Crippen molar-refractivity contribution in [2.24, 2.45) is 5.73 Å². The van der Waals surface area contributed by atoms with Crippen LogP contribution in [0.5, 0.6) is 0 Å². The van der Waals surface area contributed by atoms with Crippen LogP contribution in [0.1, 0.15) is 47.6 Å². The van der Waals surface area contributed by atoms with E-state index in [-0.39, 0.29) is 5.91 Å². The Bertz CT molecular complexity index is 423. The quantitative estimate of drug-likeness (QED) is 0.895. The molecule has 1 saturated heterocycles. The number of amides is 1. The Kier molecular flexibility index (Phi) is 4.07. The zero-order valence-electron chi connectivity index (χ0n) is 11.2. The highest BCUT2D eigenvalue weighted by atomic mass is 16.3.